The Kier molecular flexibility index (Phi) is 4.72. The zero-order chi connectivity index (χ0) is 13.8. The second-order valence-electron chi connectivity index (χ2n) is 4.75. The molecule has 3 nitrogen and oxygen atoms in total. The summed E-state index contributed by atoms with van der Waals surface area (Å²) in [4.78, 5) is 2.35. The lowest BCUT2D eigenvalue weighted by atomic mass is 10.0. The molecule has 1 heterocycles. The van der Waals surface area contributed by atoms with Crippen molar-refractivity contribution in [1.82, 2.24) is 4.90 Å². The van der Waals surface area contributed by atoms with Gasteiger partial charge in [0.2, 0.25) is 0 Å². The number of ether oxygens (including phenoxy) is 2. The van der Waals surface area contributed by atoms with Crippen LogP contribution in [0.15, 0.2) is 29.8 Å². The van der Waals surface area contributed by atoms with Crippen LogP contribution in [0.3, 0.4) is 0 Å². The van der Waals surface area contributed by atoms with Gasteiger partial charge in [0.1, 0.15) is 11.5 Å². The van der Waals surface area contributed by atoms with E-state index in [4.69, 9.17) is 21.1 Å². The maximum atomic E-state index is 5.94. The second kappa shape index (κ2) is 6.31. The Hall–Kier alpha value is -1.19. The summed E-state index contributed by atoms with van der Waals surface area (Å²) >= 11 is 5.94. The van der Waals surface area contributed by atoms with E-state index in [1.165, 1.54) is 12.0 Å². The van der Waals surface area contributed by atoms with E-state index >= 15 is 0 Å². The highest BCUT2D eigenvalue weighted by Crippen LogP contribution is 2.38. The molecule has 1 saturated heterocycles. The Bertz CT molecular complexity index is 461. The lowest BCUT2D eigenvalue weighted by molar-refractivity contribution is 0.275. The Morgan fingerprint density at radius 2 is 2.21 bits per heavy atom. The molecule has 1 aromatic carbocycles. The standard InChI is InChI=1S/C15H20ClNO2/c1-11(16)10-17-8-4-5-14(17)13-7-6-12(18-2)9-15(13)19-3/h6-7,9,14H,1,4-5,8,10H2,2-3H3. The van der Waals surface area contributed by atoms with Crippen LogP contribution in [0.5, 0.6) is 11.5 Å². The molecule has 104 valence electrons. The Morgan fingerprint density at radius 1 is 1.42 bits per heavy atom. The van der Waals surface area contributed by atoms with Gasteiger partial charge in [0, 0.05) is 29.2 Å². The van der Waals surface area contributed by atoms with Crippen molar-refractivity contribution in [2.24, 2.45) is 0 Å². The minimum absolute atomic E-state index is 0.344. The molecule has 1 aliphatic heterocycles. The number of hydrogen-bond acceptors (Lipinski definition) is 3. The first-order chi connectivity index (χ1) is 9.15. The summed E-state index contributed by atoms with van der Waals surface area (Å²) in [5.41, 5.74) is 1.19. The molecule has 0 saturated carbocycles. The first-order valence-corrected chi connectivity index (χ1v) is 6.82. The normalized spacial score (nSPS) is 19.4. The predicted octanol–water partition coefficient (Wildman–Crippen LogP) is 3.59. The molecule has 0 aliphatic carbocycles. The molecular formula is C15H20ClNO2. The molecule has 0 aromatic heterocycles. The summed E-state index contributed by atoms with van der Waals surface area (Å²) in [6, 6.07) is 6.33. The summed E-state index contributed by atoms with van der Waals surface area (Å²) in [6.07, 6.45) is 2.29. The van der Waals surface area contributed by atoms with Crippen LogP contribution >= 0.6 is 11.6 Å². The lowest BCUT2D eigenvalue weighted by Gasteiger charge is -2.26. The summed E-state index contributed by atoms with van der Waals surface area (Å²) < 4.78 is 10.7. The maximum absolute atomic E-state index is 5.94. The zero-order valence-electron chi connectivity index (χ0n) is 11.5. The zero-order valence-corrected chi connectivity index (χ0v) is 12.2. The number of halogens is 1. The summed E-state index contributed by atoms with van der Waals surface area (Å²) in [7, 11) is 3.35. The molecule has 0 radical (unpaired) electrons. The fraction of sp³-hybridized carbons (Fsp3) is 0.467. The van der Waals surface area contributed by atoms with Gasteiger partial charge in [-0.25, -0.2) is 0 Å². The van der Waals surface area contributed by atoms with E-state index in [-0.39, 0.29) is 0 Å². The van der Waals surface area contributed by atoms with Crippen molar-refractivity contribution >= 4 is 11.6 Å². The molecule has 4 heteroatoms. The topological polar surface area (TPSA) is 21.7 Å². The van der Waals surface area contributed by atoms with E-state index in [0.717, 1.165) is 31.0 Å². The van der Waals surface area contributed by atoms with Crippen molar-refractivity contribution in [2.75, 3.05) is 27.3 Å². The van der Waals surface area contributed by atoms with Crippen LogP contribution in [0.2, 0.25) is 0 Å². The molecule has 1 unspecified atom stereocenters. The third kappa shape index (κ3) is 3.23. The molecule has 1 fully saturated rings. The van der Waals surface area contributed by atoms with Gasteiger partial charge < -0.3 is 9.47 Å². The minimum atomic E-state index is 0.344. The minimum Gasteiger partial charge on any atom is -0.497 e. The highest BCUT2D eigenvalue weighted by atomic mass is 35.5. The van der Waals surface area contributed by atoms with Crippen molar-refractivity contribution in [2.45, 2.75) is 18.9 Å². The van der Waals surface area contributed by atoms with Gasteiger partial charge in [-0.15, -0.1) is 0 Å². The predicted molar refractivity (Wildman–Crippen MR) is 78.1 cm³/mol. The van der Waals surface area contributed by atoms with Crippen LogP contribution in [0.25, 0.3) is 0 Å². The van der Waals surface area contributed by atoms with Crippen molar-refractivity contribution in [3.63, 3.8) is 0 Å². The van der Waals surface area contributed by atoms with E-state index in [1.54, 1.807) is 14.2 Å². The smallest absolute Gasteiger partial charge is 0.127 e. The second-order valence-corrected chi connectivity index (χ2v) is 5.29. The quantitative estimate of drug-likeness (QED) is 0.823. The van der Waals surface area contributed by atoms with Gasteiger partial charge in [-0.2, -0.15) is 0 Å². The number of methoxy groups -OCH3 is 2. The molecule has 0 bridgehead atoms. The number of nitrogens with zero attached hydrogens (tertiary/aromatic N) is 1. The van der Waals surface area contributed by atoms with Gasteiger partial charge in [-0.1, -0.05) is 24.2 Å². The Balaban J connectivity index is 2.27. The van der Waals surface area contributed by atoms with Crippen LogP contribution in [-0.2, 0) is 0 Å². The molecule has 0 spiro atoms. The van der Waals surface area contributed by atoms with Gasteiger partial charge >= 0.3 is 0 Å². The molecule has 1 aromatic rings. The summed E-state index contributed by atoms with van der Waals surface area (Å²) in [5, 5.41) is 0.680. The highest BCUT2D eigenvalue weighted by molar-refractivity contribution is 6.29. The van der Waals surface area contributed by atoms with E-state index in [1.807, 2.05) is 12.1 Å². The average molecular weight is 282 g/mol. The summed E-state index contributed by atoms with van der Waals surface area (Å²) in [5.74, 6) is 1.68. The van der Waals surface area contributed by atoms with Crippen LogP contribution in [0, 0.1) is 0 Å². The number of hydrogen-bond donors (Lipinski definition) is 0. The van der Waals surface area contributed by atoms with Crippen LogP contribution in [0.4, 0.5) is 0 Å². The van der Waals surface area contributed by atoms with Gasteiger partial charge in [0.25, 0.3) is 0 Å². The first kappa shape index (κ1) is 14.2. The van der Waals surface area contributed by atoms with Gasteiger partial charge in [-0.05, 0) is 25.5 Å². The van der Waals surface area contributed by atoms with Crippen molar-refractivity contribution in [1.29, 1.82) is 0 Å². The summed E-state index contributed by atoms with van der Waals surface area (Å²) in [6.45, 7) is 5.56. The van der Waals surface area contributed by atoms with E-state index in [2.05, 4.69) is 17.5 Å². The fourth-order valence-corrected chi connectivity index (χ4v) is 2.84. The van der Waals surface area contributed by atoms with Gasteiger partial charge in [-0.3, -0.25) is 4.90 Å². The Labute approximate surface area is 119 Å². The van der Waals surface area contributed by atoms with Gasteiger partial charge in [0.05, 0.1) is 14.2 Å². The van der Waals surface area contributed by atoms with E-state index < -0.39 is 0 Å². The van der Waals surface area contributed by atoms with Crippen molar-refractivity contribution in [3.8, 4) is 11.5 Å². The third-order valence-corrected chi connectivity index (χ3v) is 3.66. The highest BCUT2D eigenvalue weighted by Gasteiger charge is 2.28. The van der Waals surface area contributed by atoms with Crippen molar-refractivity contribution in [3.05, 3.63) is 35.4 Å². The molecule has 19 heavy (non-hydrogen) atoms. The average Bonchev–Trinajstić information content (AvgIpc) is 2.85. The maximum Gasteiger partial charge on any atom is 0.127 e. The lowest BCUT2D eigenvalue weighted by Crippen LogP contribution is -2.24. The van der Waals surface area contributed by atoms with Crippen LogP contribution < -0.4 is 9.47 Å². The fourth-order valence-electron chi connectivity index (χ4n) is 2.68. The van der Waals surface area contributed by atoms with Crippen molar-refractivity contribution < 1.29 is 9.47 Å². The SMILES string of the molecule is C=C(Cl)CN1CCCC1c1ccc(OC)cc1OC. The molecule has 0 N–H and O–H groups in total. The largest absolute Gasteiger partial charge is 0.497 e. The molecule has 2 rings (SSSR count). The van der Waals surface area contributed by atoms with E-state index in [0.29, 0.717) is 11.1 Å². The Morgan fingerprint density at radius 3 is 2.84 bits per heavy atom. The third-order valence-electron chi connectivity index (χ3n) is 3.54. The monoisotopic (exact) mass is 281 g/mol. The number of rotatable bonds is 5. The van der Waals surface area contributed by atoms with Gasteiger partial charge in [0.15, 0.2) is 0 Å². The molecule has 1 atom stereocenters. The molecule has 0 amide bonds. The molecule has 1 aliphatic rings. The number of likely N-dealkylation sites (tertiary alicyclic amines) is 1. The van der Waals surface area contributed by atoms with Crippen LogP contribution in [-0.4, -0.2) is 32.2 Å². The van der Waals surface area contributed by atoms with E-state index in [9.17, 15) is 0 Å². The molecular weight excluding hydrogens is 262 g/mol. The number of benzene rings is 1. The first-order valence-electron chi connectivity index (χ1n) is 6.45. The van der Waals surface area contributed by atoms with Crippen LogP contribution in [0.1, 0.15) is 24.4 Å².